The van der Waals surface area contributed by atoms with E-state index in [2.05, 4.69) is 17.9 Å². The Morgan fingerprint density at radius 1 is 1.33 bits per heavy atom. The van der Waals surface area contributed by atoms with Crippen molar-refractivity contribution >= 4 is 4.61 Å². The Kier molecular flexibility index (Phi) is 2.12. The summed E-state index contributed by atoms with van der Waals surface area (Å²) in [6.45, 7) is 0. The van der Waals surface area contributed by atoms with E-state index < -0.39 is 0 Å². The number of aromatic hydroxyl groups is 1. The number of rotatable bonds is 1. The average Bonchev–Trinajstić information content (AvgIpc) is 1.89. The second kappa shape index (κ2) is 2.88. The SMILES string of the molecule is Oc1ccccc1[CH]=[Ru+]. The van der Waals surface area contributed by atoms with E-state index in [1.807, 2.05) is 12.1 Å². The average molecular weight is 207 g/mol. The number of para-hydroxylation sites is 1. The molecule has 2 heteroatoms. The normalized spacial score (nSPS) is 8.89. The molecule has 0 heterocycles. The first-order chi connectivity index (χ1) is 4.34. The van der Waals surface area contributed by atoms with Gasteiger partial charge >= 0.3 is 63.1 Å². The Bertz CT molecular complexity index is 220. The van der Waals surface area contributed by atoms with Crippen molar-refractivity contribution < 1.29 is 23.0 Å². The van der Waals surface area contributed by atoms with Crippen LogP contribution in [-0.2, 0) is 17.9 Å². The van der Waals surface area contributed by atoms with Crippen LogP contribution >= 0.6 is 0 Å². The summed E-state index contributed by atoms with van der Waals surface area (Å²) in [5.41, 5.74) is 0.855. The van der Waals surface area contributed by atoms with Crippen molar-refractivity contribution in [3.05, 3.63) is 29.8 Å². The molecule has 0 saturated heterocycles. The van der Waals surface area contributed by atoms with Crippen LogP contribution in [0.5, 0.6) is 5.75 Å². The van der Waals surface area contributed by atoms with Gasteiger partial charge in [0.1, 0.15) is 0 Å². The van der Waals surface area contributed by atoms with Crippen LogP contribution in [0, 0.1) is 0 Å². The second-order valence-corrected chi connectivity index (χ2v) is 2.16. The zero-order valence-corrected chi connectivity index (χ0v) is 6.43. The molecular weight excluding hydrogens is 201 g/mol. The number of hydrogen-bond donors (Lipinski definition) is 1. The fourth-order valence-corrected chi connectivity index (χ4v) is 0.998. The Hall–Kier alpha value is -0.487. The van der Waals surface area contributed by atoms with Gasteiger partial charge in [0.2, 0.25) is 0 Å². The van der Waals surface area contributed by atoms with Gasteiger partial charge in [0.15, 0.2) is 0 Å². The first-order valence-electron chi connectivity index (χ1n) is 2.54. The fourth-order valence-electron chi connectivity index (χ4n) is 0.574. The molecule has 1 rings (SSSR count). The van der Waals surface area contributed by atoms with Crippen LogP contribution in [0.4, 0.5) is 0 Å². The van der Waals surface area contributed by atoms with E-state index in [4.69, 9.17) is 5.11 Å². The predicted octanol–water partition coefficient (Wildman–Crippen LogP) is 1.09. The van der Waals surface area contributed by atoms with E-state index in [0.29, 0.717) is 5.75 Å². The molecule has 0 spiro atoms. The maximum absolute atomic E-state index is 9.07. The van der Waals surface area contributed by atoms with Gasteiger partial charge in [-0.2, -0.15) is 0 Å². The zero-order chi connectivity index (χ0) is 6.69. The van der Waals surface area contributed by atoms with Crippen molar-refractivity contribution in [1.82, 2.24) is 0 Å². The minimum absolute atomic E-state index is 0.330. The molecule has 0 amide bonds. The van der Waals surface area contributed by atoms with Crippen LogP contribution in [-0.4, -0.2) is 9.72 Å². The van der Waals surface area contributed by atoms with E-state index in [9.17, 15) is 0 Å². The van der Waals surface area contributed by atoms with Gasteiger partial charge in [0.25, 0.3) is 0 Å². The molecule has 0 aliphatic heterocycles. The summed E-state index contributed by atoms with van der Waals surface area (Å²) in [4.78, 5) is 0. The zero-order valence-electron chi connectivity index (χ0n) is 4.69. The van der Waals surface area contributed by atoms with Gasteiger partial charge in [-0.15, -0.1) is 0 Å². The summed E-state index contributed by atoms with van der Waals surface area (Å²) in [7, 11) is 0. The van der Waals surface area contributed by atoms with E-state index in [0.717, 1.165) is 5.56 Å². The molecule has 0 atom stereocenters. The van der Waals surface area contributed by atoms with E-state index >= 15 is 0 Å². The minimum atomic E-state index is 0.330. The summed E-state index contributed by atoms with van der Waals surface area (Å²) in [5.74, 6) is 0.330. The van der Waals surface area contributed by atoms with Crippen LogP contribution in [0.25, 0.3) is 0 Å². The first-order valence-corrected chi connectivity index (χ1v) is 3.55. The van der Waals surface area contributed by atoms with Gasteiger partial charge in [-0.3, -0.25) is 0 Å². The molecule has 0 aliphatic carbocycles. The van der Waals surface area contributed by atoms with E-state index in [1.165, 1.54) is 0 Å². The number of benzene rings is 1. The summed E-state index contributed by atoms with van der Waals surface area (Å²) in [5, 5.41) is 9.07. The Morgan fingerprint density at radius 3 is 2.44 bits per heavy atom. The quantitative estimate of drug-likeness (QED) is 0.683. The van der Waals surface area contributed by atoms with Crippen molar-refractivity contribution in [3.63, 3.8) is 0 Å². The summed E-state index contributed by atoms with van der Waals surface area (Å²) < 4.78 is 1.80. The van der Waals surface area contributed by atoms with Crippen LogP contribution in [0.2, 0.25) is 0 Å². The number of phenols is 1. The van der Waals surface area contributed by atoms with Crippen molar-refractivity contribution in [3.8, 4) is 5.75 Å². The molecule has 9 heavy (non-hydrogen) atoms. The third-order valence-electron chi connectivity index (χ3n) is 1.05. The van der Waals surface area contributed by atoms with Crippen LogP contribution in [0.15, 0.2) is 24.3 Å². The van der Waals surface area contributed by atoms with E-state index in [-0.39, 0.29) is 0 Å². The molecule has 1 aromatic carbocycles. The summed E-state index contributed by atoms with van der Waals surface area (Å²) >= 11 is 2.36. The van der Waals surface area contributed by atoms with Crippen molar-refractivity contribution in [2.24, 2.45) is 0 Å². The molecule has 1 N–H and O–H groups in total. The molecule has 0 bridgehead atoms. The number of hydrogen-bond acceptors (Lipinski definition) is 1. The first kappa shape index (κ1) is 6.63. The standard InChI is InChI=1S/C7H6O.Ru/c1-6-4-2-3-5-7(6)8;/h1-5,8H;/q;+1. The van der Waals surface area contributed by atoms with Crippen molar-refractivity contribution in [1.29, 1.82) is 0 Å². The Balaban J connectivity index is 3.15. The van der Waals surface area contributed by atoms with Gasteiger partial charge in [-0.1, -0.05) is 0 Å². The predicted molar refractivity (Wildman–Crippen MR) is 33.3 cm³/mol. The molecular formula is C7H6ORu+. The van der Waals surface area contributed by atoms with Gasteiger partial charge in [-0.25, -0.2) is 0 Å². The third kappa shape index (κ3) is 1.46. The topological polar surface area (TPSA) is 20.2 Å². The molecule has 0 aliphatic rings. The molecule has 0 radical (unpaired) electrons. The van der Waals surface area contributed by atoms with Crippen molar-refractivity contribution in [2.45, 2.75) is 0 Å². The molecule has 0 unspecified atom stereocenters. The fraction of sp³-hybridized carbons (Fsp3) is 0. The summed E-state index contributed by atoms with van der Waals surface area (Å²) in [6, 6.07) is 7.20. The maximum atomic E-state index is 9.07. The van der Waals surface area contributed by atoms with Gasteiger partial charge < -0.3 is 0 Å². The van der Waals surface area contributed by atoms with Gasteiger partial charge in [-0.05, 0) is 0 Å². The monoisotopic (exact) mass is 208 g/mol. The molecule has 47 valence electrons. The van der Waals surface area contributed by atoms with Crippen LogP contribution in [0.3, 0.4) is 0 Å². The van der Waals surface area contributed by atoms with Gasteiger partial charge in [0, 0.05) is 0 Å². The Labute approximate surface area is 63.5 Å². The van der Waals surface area contributed by atoms with Crippen molar-refractivity contribution in [2.75, 3.05) is 0 Å². The second-order valence-electron chi connectivity index (χ2n) is 1.66. The molecule has 0 aromatic heterocycles. The number of phenolic OH excluding ortho intramolecular Hbond substituents is 1. The third-order valence-corrected chi connectivity index (χ3v) is 1.59. The summed E-state index contributed by atoms with van der Waals surface area (Å²) in [6.07, 6.45) is 0. The molecule has 0 saturated carbocycles. The van der Waals surface area contributed by atoms with Gasteiger partial charge in [0.05, 0.1) is 0 Å². The molecule has 1 nitrogen and oxygen atoms in total. The van der Waals surface area contributed by atoms with Crippen LogP contribution < -0.4 is 0 Å². The van der Waals surface area contributed by atoms with E-state index in [1.54, 1.807) is 16.7 Å². The Morgan fingerprint density at radius 2 is 2.00 bits per heavy atom. The molecule has 0 fully saturated rings. The van der Waals surface area contributed by atoms with Crippen LogP contribution in [0.1, 0.15) is 5.56 Å². The molecule has 1 aromatic rings.